The van der Waals surface area contributed by atoms with Crippen LogP contribution < -0.4 is 14.9 Å². The number of esters is 2. The third-order valence-electron chi connectivity index (χ3n) is 3.78. The van der Waals surface area contributed by atoms with Crippen LogP contribution in [0.2, 0.25) is 0 Å². The highest BCUT2D eigenvalue weighted by Crippen LogP contribution is 2.24. The van der Waals surface area contributed by atoms with Crippen LogP contribution >= 0.6 is 0 Å². The lowest BCUT2D eigenvalue weighted by molar-refractivity contribution is -0.134. The highest BCUT2D eigenvalue weighted by atomic mass is 16.5. The van der Waals surface area contributed by atoms with Gasteiger partial charge >= 0.3 is 11.9 Å². The van der Waals surface area contributed by atoms with E-state index in [4.69, 9.17) is 9.47 Å². The van der Waals surface area contributed by atoms with E-state index in [0.29, 0.717) is 11.1 Å². The van der Waals surface area contributed by atoms with E-state index in [-0.39, 0.29) is 30.2 Å². The van der Waals surface area contributed by atoms with Crippen LogP contribution in [0.4, 0.5) is 0 Å². The molecule has 0 aliphatic rings. The van der Waals surface area contributed by atoms with Gasteiger partial charge in [-0.25, -0.2) is 5.43 Å². The molecular weight excluding hydrogens is 360 g/mol. The highest BCUT2D eigenvalue weighted by molar-refractivity contribution is 5.96. The molecule has 0 saturated carbocycles. The molecule has 0 unspecified atom stereocenters. The summed E-state index contributed by atoms with van der Waals surface area (Å²) in [5.74, 6) is -0.763. The van der Waals surface area contributed by atoms with Gasteiger partial charge in [0.25, 0.3) is 5.91 Å². The maximum Gasteiger partial charge on any atom is 0.310 e. The Morgan fingerprint density at radius 3 is 2.36 bits per heavy atom. The monoisotopic (exact) mass is 382 g/mol. The second-order valence-electron chi connectivity index (χ2n) is 5.87. The van der Waals surface area contributed by atoms with Gasteiger partial charge in [-0.2, -0.15) is 5.10 Å². The number of nitrogens with zero attached hydrogens (tertiary/aromatic N) is 1. The minimum atomic E-state index is -0.447. The Bertz CT molecular complexity index is 905. The van der Waals surface area contributed by atoms with E-state index in [1.807, 2.05) is 19.1 Å². The molecule has 0 heterocycles. The Labute approximate surface area is 163 Å². The molecule has 146 valence electrons. The maximum atomic E-state index is 12.2. The van der Waals surface area contributed by atoms with Crippen LogP contribution in [0.25, 0.3) is 0 Å². The average Bonchev–Trinajstić information content (AvgIpc) is 2.69. The summed E-state index contributed by atoms with van der Waals surface area (Å²) in [7, 11) is 0. The van der Waals surface area contributed by atoms with Gasteiger partial charge in [-0.3, -0.25) is 14.4 Å². The largest absolute Gasteiger partial charge is 0.426 e. The van der Waals surface area contributed by atoms with E-state index in [1.165, 1.54) is 12.3 Å². The Kier molecular flexibility index (Phi) is 7.45. The van der Waals surface area contributed by atoms with Gasteiger partial charge in [-0.05, 0) is 30.7 Å². The van der Waals surface area contributed by atoms with Gasteiger partial charge in [0.1, 0.15) is 11.5 Å². The van der Waals surface area contributed by atoms with Crippen LogP contribution in [0.15, 0.2) is 47.6 Å². The number of hydrazone groups is 1. The number of ether oxygens (including phenoxy) is 2. The van der Waals surface area contributed by atoms with E-state index in [1.54, 1.807) is 38.1 Å². The fourth-order valence-electron chi connectivity index (χ4n) is 2.22. The quantitative estimate of drug-likeness (QED) is 0.343. The van der Waals surface area contributed by atoms with Crippen molar-refractivity contribution in [2.24, 2.45) is 5.10 Å². The molecule has 2 rings (SSSR count). The lowest BCUT2D eigenvalue weighted by atomic mass is 10.1. The Morgan fingerprint density at radius 1 is 1.00 bits per heavy atom. The van der Waals surface area contributed by atoms with Crippen molar-refractivity contribution >= 4 is 24.1 Å². The summed E-state index contributed by atoms with van der Waals surface area (Å²) in [4.78, 5) is 35.4. The van der Waals surface area contributed by atoms with Crippen molar-refractivity contribution in [2.45, 2.75) is 33.6 Å². The molecule has 7 nitrogen and oxygen atoms in total. The lowest BCUT2D eigenvalue weighted by Gasteiger charge is -2.09. The summed E-state index contributed by atoms with van der Waals surface area (Å²) in [6.45, 7) is 5.18. The first kappa shape index (κ1) is 20.8. The van der Waals surface area contributed by atoms with E-state index in [2.05, 4.69) is 10.5 Å². The summed E-state index contributed by atoms with van der Waals surface area (Å²) >= 11 is 0. The molecule has 0 aliphatic heterocycles. The molecule has 0 bridgehead atoms. The minimum Gasteiger partial charge on any atom is -0.426 e. The highest BCUT2D eigenvalue weighted by Gasteiger charge is 2.11. The fourth-order valence-corrected chi connectivity index (χ4v) is 2.22. The van der Waals surface area contributed by atoms with Crippen LogP contribution in [0.3, 0.4) is 0 Å². The number of amides is 1. The Morgan fingerprint density at radius 2 is 1.68 bits per heavy atom. The number of benzene rings is 2. The zero-order valence-corrected chi connectivity index (χ0v) is 16.0. The first-order chi connectivity index (χ1) is 13.4. The number of carbonyl (C=O) groups is 3. The van der Waals surface area contributed by atoms with Gasteiger partial charge in [-0.1, -0.05) is 32.0 Å². The van der Waals surface area contributed by atoms with Crippen molar-refractivity contribution in [1.82, 2.24) is 5.43 Å². The maximum absolute atomic E-state index is 12.2. The number of rotatable bonds is 7. The van der Waals surface area contributed by atoms with Crippen LogP contribution in [0.5, 0.6) is 11.5 Å². The molecule has 0 atom stereocenters. The average molecular weight is 382 g/mol. The Hall–Kier alpha value is -3.48. The fraction of sp³-hybridized carbons (Fsp3) is 0.238. The SMILES string of the molecule is CCC(=O)Oc1ccc(/C=N/NC(=O)c2ccccc2C)c(OC(=O)CC)c1. The minimum absolute atomic E-state index is 0.180. The molecule has 1 amide bonds. The van der Waals surface area contributed by atoms with Gasteiger partial charge in [-0.15, -0.1) is 0 Å². The molecular formula is C21H22N2O5. The van der Waals surface area contributed by atoms with Gasteiger partial charge in [0.2, 0.25) is 0 Å². The molecule has 0 radical (unpaired) electrons. The summed E-state index contributed by atoms with van der Waals surface area (Å²) in [6, 6.07) is 11.7. The van der Waals surface area contributed by atoms with E-state index in [9.17, 15) is 14.4 Å². The molecule has 1 N–H and O–H groups in total. The molecule has 2 aromatic rings. The van der Waals surface area contributed by atoms with Gasteiger partial charge in [0.15, 0.2) is 0 Å². The third kappa shape index (κ3) is 5.77. The normalized spacial score (nSPS) is 10.5. The predicted molar refractivity (Wildman–Crippen MR) is 105 cm³/mol. The second kappa shape index (κ2) is 10.0. The van der Waals surface area contributed by atoms with E-state index < -0.39 is 11.9 Å². The summed E-state index contributed by atoms with van der Waals surface area (Å²) in [5.41, 5.74) is 4.23. The number of hydrogen-bond acceptors (Lipinski definition) is 6. The zero-order chi connectivity index (χ0) is 20.5. The first-order valence-corrected chi connectivity index (χ1v) is 8.89. The van der Waals surface area contributed by atoms with Crippen molar-refractivity contribution in [3.8, 4) is 11.5 Å². The van der Waals surface area contributed by atoms with Crippen LogP contribution in [-0.2, 0) is 9.59 Å². The number of carbonyl (C=O) groups excluding carboxylic acids is 3. The Balaban J connectivity index is 2.19. The second-order valence-corrected chi connectivity index (χ2v) is 5.87. The van der Waals surface area contributed by atoms with Crippen molar-refractivity contribution < 1.29 is 23.9 Å². The smallest absolute Gasteiger partial charge is 0.310 e. The number of hydrogen-bond donors (Lipinski definition) is 1. The predicted octanol–water partition coefficient (Wildman–Crippen LogP) is 3.39. The van der Waals surface area contributed by atoms with Crippen LogP contribution in [0, 0.1) is 6.92 Å². The molecule has 0 aromatic heterocycles. The molecule has 7 heteroatoms. The van der Waals surface area contributed by atoms with Crippen LogP contribution in [0.1, 0.15) is 48.2 Å². The van der Waals surface area contributed by atoms with E-state index in [0.717, 1.165) is 5.56 Å². The number of aryl methyl sites for hydroxylation is 1. The van der Waals surface area contributed by atoms with Crippen molar-refractivity contribution in [3.05, 3.63) is 59.2 Å². The van der Waals surface area contributed by atoms with Crippen molar-refractivity contribution in [2.75, 3.05) is 0 Å². The van der Waals surface area contributed by atoms with Crippen molar-refractivity contribution in [3.63, 3.8) is 0 Å². The summed E-state index contributed by atoms with van der Waals surface area (Å²) < 4.78 is 10.4. The lowest BCUT2D eigenvalue weighted by Crippen LogP contribution is -2.18. The summed E-state index contributed by atoms with van der Waals surface area (Å²) in [5, 5.41) is 3.94. The first-order valence-electron chi connectivity index (χ1n) is 8.89. The third-order valence-corrected chi connectivity index (χ3v) is 3.78. The number of nitrogens with one attached hydrogen (secondary N) is 1. The van der Waals surface area contributed by atoms with Gasteiger partial charge in [0, 0.05) is 30.0 Å². The molecule has 0 saturated heterocycles. The van der Waals surface area contributed by atoms with E-state index >= 15 is 0 Å². The van der Waals surface area contributed by atoms with Gasteiger partial charge < -0.3 is 9.47 Å². The summed E-state index contributed by atoms with van der Waals surface area (Å²) in [6.07, 6.45) is 1.76. The topological polar surface area (TPSA) is 94.1 Å². The van der Waals surface area contributed by atoms with Gasteiger partial charge in [0.05, 0.1) is 6.21 Å². The molecule has 2 aromatic carbocycles. The molecule has 28 heavy (non-hydrogen) atoms. The van der Waals surface area contributed by atoms with Crippen molar-refractivity contribution in [1.29, 1.82) is 0 Å². The standard InChI is InChI=1S/C21H22N2O5/c1-4-19(24)27-16-11-10-15(18(12-16)28-20(25)5-2)13-22-23-21(26)17-9-7-6-8-14(17)3/h6-13H,4-5H2,1-3H3,(H,23,26)/b22-13+. The molecule has 0 aliphatic carbocycles. The van der Waals surface area contributed by atoms with Crippen LogP contribution in [-0.4, -0.2) is 24.1 Å². The zero-order valence-electron chi connectivity index (χ0n) is 16.0. The molecule has 0 spiro atoms. The molecule has 0 fully saturated rings.